The van der Waals surface area contributed by atoms with Crippen molar-refractivity contribution in [1.82, 2.24) is 0 Å². The molecule has 1 aliphatic rings. The molecule has 0 atom stereocenters. The Labute approximate surface area is 89.4 Å². The minimum absolute atomic E-state index is 0.0405. The summed E-state index contributed by atoms with van der Waals surface area (Å²) >= 11 is 0. The highest BCUT2D eigenvalue weighted by Gasteiger charge is 2.18. The van der Waals surface area contributed by atoms with E-state index in [-0.39, 0.29) is 12.5 Å². The van der Waals surface area contributed by atoms with Crippen molar-refractivity contribution in [1.29, 1.82) is 0 Å². The maximum atomic E-state index is 11.7. The summed E-state index contributed by atoms with van der Waals surface area (Å²) in [5, 5.41) is 0. The van der Waals surface area contributed by atoms with Crippen LogP contribution in [0.25, 0.3) is 0 Å². The summed E-state index contributed by atoms with van der Waals surface area (Å²) in [5.74, 6) is 0.0405. The molecule has 1 aromatic rings. The van der Waals surface area contributed by atoms with Crippen LogP contribution >= 0.6 is 0 Å². The Morgan fingerprint density at radius 1 is 1.33 bits per heavy atom. The SMILES string of the molecule is CC1=NCC(=O)N(C)c2cc(C)ccc21. The van der Waals surface area contributed by atoms with Gasteiger partial charge in [-0.15, -0.1) is 0 Å². The van der Waals surface area contributed by atoms with E-state index >= 15 is 0 Å². The Bertz CT molecular complexity index is 449. The third-order valence-corrected chi connectivity index (χ3v) is 2.73. The van der Waals surface area contributed by atoms with E-state index in [1.807, 2.05) is 32.0 Å². The van der Waals surface area contributed by atoms with Crippen molar-refractivity contribution < 1.29 is 4.79 Å². The average Bonchev–Trinajstić information content (AvgIpc) is 2.32. The molecule has 1 amide bonds. The van der Waals surface area contributed by atoms with E-state index in [0.29, 0.717) is 0 Å². The summed E-state index contributed by atoms with van der Waals surface area (Å²) in [7, 11) is 1.80. The predicted octanol–water partition coefficient (Wildman–Crippen LogP) is 1.78. The normalized spacial score (nSPS) is 15.8. The molecule has 3 nitrogen and oxygen atoms in total. The molecule has 0 fully saturated rings. The van der Waals surface area contributed by atoms with Gasteiger partial charge in [-0.1, -0.05) is 12.1 Å². The van der Waals surface area contributed by atoms with E-state index in [2.05, 4.69) is 4.99 Å². The third-order valence-electron chi connectivity index (χ3n) is 2.73. The van der Waals surface area contributed by atoms with Crippen molar-refractivity contribution >= 4 is 17.3 Å². The van der Waals surface area contributed by atoms with Gasteiger partial charge in [-0.05, 0) is 25.5 Å². The van der Waals surface area contributed by atoms with E-state index in [1.54, 1.807) is 11.9 Å². The second-order valence-corrected chi connectivity index (χ2v) is 3.87. The molecule has 0 unspecified atom stereocenters. The summed E-state index contributed by atoms with van der Waals surface area (Å²) in [5.41, 5.74) is 4.10. The quantitative estimate of drug-likeness (QED) is 0.631. The van der Waals surface area contributed by atoms with Crippen molar-refractivity contribution in [2.24, 2.45) is 4.99 Å². The molecule has 78 valence electrons. The zero-order valence-corrected chi connectivity index (χ0v) is 9.24. The number of likely N-dealkylation sites (N-methyl/N-ethyl adjacent to an activating group) is 1. The molecule has 0 saturated carbocycles. The Kier molecular flexibility index (Phi) is 2.31. The van der Waals surface area contributed by atoms with E-state index in [0.717, 1.165) is 22.5 Å². The molecule has 0 spiro atoms. The van der Waals surface area contributed by atoms with Crippen molar-refractivity contribution in [3.8, 4) is 0 Å². The monoisotopic (exact) mass is 202 g/mol. The first-order valence-corrected chi connectivity index (χ1v) is 4.98. The van der Waals surface area contributed by atoms with E-state index in [9.17, 15) is 4.79 Å². The summed E-state index contributed by atoms with van der Waals surface area (Å²) in [4.78, 5) is 17.6. The molecule has 15 heavy (non-hydrogen) atoms. The molecule has 1 aromatic carbocycles. The Morgan fingerprint density at radius 2 is 2.07 bits per heavy atom. The topological polar surface area (TPSA) is 32.7 Å². The van der Waals surface area contributed by atoms with Crippen LogP contribution in [-0.2, 0) is 4.79 Å². The lowest BCUT2D eigenvalue weighted by atomic mass is 10.1. The molecule has 0 aliphatic carbocycles. The smallest absolute Gasteiger partial charge is 0.248 e. The fourth-order valence-corrected chi connectivity index (χ4v) is 1.74. The van der Waals surface area contributed by atoms with Crippen LogP contribution in [-0.4, -0.2) is 25.2 Å². The Morgan fingerprint density at radius 3 is 2.80 bits per heavy atom. The minimum atomic E-state index is 0.0405. The number of carbonyl (C=O) groups is 1. The average molecular weight is 202 g/mol. The van der Waals surface area contributed by atoms with Crippen LogP contribution in [0.1, 0.15) is 18.1 Å². The summed E-state index contributed by atoms with van der Waals surface area (Å²) in [6.07, 6.45) is 0. The first kappa shape index (κ1) is 9.90. The van der Waals surface area contributed by atoms with E-state index in [4.69, 9.17) is 0 Å². The molecular weight excluding hydrogens is 188 g/mol. The molecule has 0 aromatic heterocycles. The summed E-state index contributed by atoms with van der Waals surface area (Å²) in [6, 6.07) is 6.09. The van der Waals surface area contributed by atoms with Gasteiger partial charge in [-0.25, -0.2) is 0 Å². The van der Waals surface area contributed by atoms with Crippen LogP contribution in [0.15, 0.2) is 23.2 Å². The zero-order chi connectivity index (χ0) is 11.0. The van der Waals surface area contributed by atoms with Gasteiger partial charge in [-0.3, -0.25) is 9.79 Å². The lowest BCUT2D eigenvalue weighted by molar-refractivity contribution is -0.116. The highest BCUT2D eigenvalue weighted by molar-refractivity contribution is 6.10. The number of aryl methyl sites for hydroxylation is 1. The molecule has 0 bridgehead atoms. The van der Waals surface area contributed by atoms with Crippen LogP contribution in [0.2, 0.25) is 0 Å². The minimum Gasteiger partial charge on any atom is -0.313 e. The maximum absolute atomic E-state index is 11.7. The fraction of sp³-hybridized carbons (Fsp3) is 0.333. The lowest BCUT2D eigenvalue weighted by Crippen LogP contribution is -2.27. The molecule has 2 rings (SSSR count). The number of rotatable bonds is 0. The van der Waals surface area contributed by atoms with Gasteiger partial charge >= 0.3 is 0 Å². The first-order valence-electron chi connectivity index (χ1n) is 4.98. The van der Waals surface area contributed by atoms with Crippen molar-refractivity contribution in [2.45, 2.75) is 13.8 Å². The van der Waals surface area contributed by atoms with Crippen molar-refractivity contribution in [2.75, 3.05) is 18.5 Å². The number of aliphatic imine (C=N–C) groups is 1. The Hall–Kier alpha value is -1.64. The van der Waals surface area contributed by atoms with Crippen LogP contribution in [0.4, 0.5) is 5.69 Å². The first-order chi connectivity index (χ1) is 7.09. The number of nitrogens with zero attached hydrogens (tertiary/aromatic N) is 2. The summed E-state index contributed by atoms with van der Waals surface area (Å²) in [6.45, 7) is 4.21. The van der Waals surface area contributed by atoms with E-state index in [1.165, 1.54) is 0 Å². The largest absolute Gasteiger partial charge is 0.313 e. The second-order valence-electron chi connectivity index (χ2n) is 3.87. The van der Waals surface area contributed by atoms with Gasteiger partial charge in [0.05, 0.1) is 5.69 Å². The number of hydrogen-bond donors (Lipinski definition) is 0. The third kappa shape index (κ3) is 1.65. The number of anilines is 1. The molecule has 0 saturated heterocycles. The fourth-order valence-electron chi connectivity index (χ4n) is 1.74. The van der Waals surface area contributed by atoms with Gasteiger partial charge in [0, 0.05) is 18.3 Å². The van der Waals surface area contributed by atoms with Gasteiger partial charge in [0.2, 0.25) is 5.91 Å². The van der Waals surface area contributed by atoms with Crippen LogP contribution < -0.4 is 4.90 Å². The van der Waals surface area contributed by atoms with Gasteiger partial charge in [0.15, 0.2) is 0 Å². The Balaban J connectivity index is 2.64. The van der Waals surface area contributed by atoms with Crippen LogP contribution in [0.3, 0.4) is 0 Å². The maximum Gasteiger partial charge on any atom is 0.248 e. The highest BCUT2D eigenvalue weighted by atomic mass is 16.2. The van der Waals surface area contributed by atoms with Crippen molar-refractivity contribution in [3.05, 3.63) is 29.3 Å². The number of hydrogen-bond acceptors (Lipinski definition) is 2. The van der Waals surface area contributed by atoms with Gasteiger partial charge in [0.1, 0.15) is 6.54 Å². The van der Waals surface area contributed by atoms with Crippen molar-refractivity contribution in [3.63, 3.8) is 0 Å². The molecule has 1 heterocycles. The molecular formula is C12H14N2O. The zero-order valence-electron chi connectivity index (χ0n) is 9.24. The lowest BCUT2D eigenvalue weighted by Gasteiger charge is -2.17. The second kappa shape index (κ2) is 3.50. The standard InChI is InChI=1S/C12H14N2O/c1-8-4-5-10-9(2)13-7-12(15)14(3)11(10)6-8/h4-6H,7H2,1-3H3. The van der Waals surface area contributed by atoms with E-state index < -0.39 is 0 Å². The van der Waals surface area contributed by atoms with Crippen LogP contribution in [0.5, 0.6) is 0 Å². The van der Waals surface area contributed by atoms with Gasteiger partial charge in [0.25, 0.3) is 0 Å². The molecule has 1 aliphatic heterocycles. The number of benzodiazepines with no additional fused rings is 1. The number of fused-ring (bicyclic) bond motifs is 1. The van der Waals surface area contributed by atoms with Crippen LogP contribution in [0, 0.1) is 6.92 Å². The van der Waals surface area contributed by atoms with Gasteiger partial charge < -0.3 is 4.90 Å². The number of amides is 1. The molecule has 0 N–H and O–H groups in total. The number of carbonyl (C=O) groups excluding carboxylic acids is 1. The number of benzene rings is 1. The molecule has 3 heteroatoms. The summed E-state index contributed by atoms with van der Waals surface area (Å²) < 4.78 is 0. The highest BCUT2D eigenvalue weighted by Crippen LogP contribution is 2.24. The predicted molar refractivity (Wildman–Crippen MR) is 61.7 cm³/mol. The van der Waals surface area contributed by atoms with Gasteiger partial charge in [-0.2, -0.15) is 0 Å². The molecule has 0 radical (unpaired) electrons.